The molecule has 1 saturated heterocycles. The number of para-hydroxylation sites is 1. The first kappa shape index (κ1) is 25.2. The molecule has 0 aromatic heterocycles. The minimum atomic E-state index is -3.93. The third kappa shape index (κ3) is 5.37. The van der Waals surface area contributed by atoms with Crippen molar-refractivity contribution in [3.8, 4) is 0 Å². The molecule has 188 valence electrons. The van der Waals surface area contributed by atoms with Gasteiger partial charge in [-0.05, 0) is 73.3 Å². The van der Waals surface area contributed by atoms with E-state index in [1.165, 1.54) is 12.1 Å². The zero-order chi connectivity index (χ0) is 25.6. The van der Waals surface area contributed by atoms with E-state index < -0.39 is 16.0 Å². The number of fused-ring (bicyclic) bond motifs is 2. The van der Waals surface area contributed by atoms with Gasteiger partial charge in [0, 0.05) is 12.6 Å². The summed E-state index contributed by atoms with van der Waals surface area (Å²) >= 11 is 0. The first-order chi connectivity index (χ1) is 16.3. The maximum Gasteiger partial charge on any atom is 0.340 e. The van der Waals surface area contributed by atoms with Gasteiger partial charge in [-0.3, -0.25) is 9.52 Å². The Hall–Kier alpha value is -2.87. The number of aryl methyl sites for hydroxylation is 2. The second-order valence-electron chi connectivity index (χ2n) is 11.2. The van der Waals surface area contributed by atoms with Gasteiger partial charge >= 0.3 is 5.97 Å². The Morgan fingerprint density at radius 2 is 1.80 bits per heavy atom. The van der Waals surface area contributed by atoms with Gasteiger partial charge in [-0.1, -0.05) is 45.0 Å². The minimum Gasteiger partial charge on any atom is -0.452 e. The summed E-state index contributed by atoms with van der Waals surface area (Å²) in [6.07, 6.45) is 2.97. The molecule has 1 amide bonds. The molecule has 35 heavy (non-hydrogen) atoms. The topological polar surface area (TPSA) is 92.8 Å². The second-order valence-corrected chi connectivity index (χ2v) is 12.9. The number of esters is 1. The number of nitrogens with one attached hydrogen (secondary N) is 1. The van der Waals surface area contributed by atoms with Crippen LogP contribution in [0.3, 0.4) is 0 Å². The predicted octanol–water partition coefficient (Wildman–Crippen LogP) is 4.69. The molecule has 1 N–H and O–H groups in total. The van der Waals surface area contributed by atoms with E-state index in [4.69, 9.17) is 4.74 Å². The van der Waals surface area contributed by atoms with Crippen molar-refractivity contribution in [3.05, 3.63) is 59.2 Å². The first-order valence-electron chi connectivity index (χ1n) is 11.9. The van der Waals surface area contributed by atoms with Crippen LogP contribution in [-0.4, -0.2) is 44.4 Å². The van der Waals surface area contributed by atoms with Crippen molar-refractivity contribution >= 4 is 27.6 Å². The van der Waals surface area contributed by atoms with Crippen LogP contribution < -0.4 is 4.72 Å². The van der Waals surface area contributed by atoms with Crippen molar-refractivity contribution in [1.82, 2.24) is 4.90 Å². The van der Waals surface area contributed by atoms with E-state index in [-0.39, 0.29) is 45.5 Å². The third-order valence-corrected chi connectivity index (χ3v) is 8.59. The van der Waals surface area contributed by atoms with Gasteiger partial charge in [0.25, 0.3) is 15.9 Å². The summed E-state index contributed by atoms with van der Waals surface area (Å²) in [7, 11) is -3.93. The fraction of sp³-hybridized carbons (Fsp3) is 0.481. The highest BCUT2D eigenvalue weighted by atomic mass is 32.2. The van der Waals surface area contributed by atoms with E-state index in [1.807, 2.05) is 17.9 Å². The fourth-order valence-corrected chi connectivity index (χ4v) is 7.40. The molecule has 7 nitrogen and oxygen atoms in total. The van der Waals surface area contributed by atoms with Gasteiger partial charge in [0.2, 0.25) is 0 Å². The molecule has 2 fully saturated rings. The molecule has 8 heteroatoms. The molecule has 1 aliphatic carbocycles. The van der Waals surface area contributed by atoms with Crippen LogP contribution in [0.25, 0.3) is 0 Å². The van der Waals surface area contributed by atoms with Gasteiger partial charge < -0.3 is 9.64 Å². The normalized spacial score (nSPS) is 23.1. The number of rotatable bonds is 6. The summed E-state index contributed by atoms with van der Waals surface area (Å²) < 4.78 is 34.0. The molecule has 2 aliphatic rings. The van der Waals surface area contributed by atoms with Crippen molar-refractivity contribution < 1.29 is 22.7 Å². The number of hydrogen-bond acceptors (Lipinski definition) is 5. The predicted molar refractivity (Wildman–Crippen MR) is 135 cm³/mol. The highest BCUT2D eigenvalue weighted by Gasteiger charge is 2.51. The number of carbonyl (C=O) groups excluding carboxylic acids is 2. The Kier molecular flexibility index (Phi) is 6.47. The molecule has 1 aliphatic heterocycles. The van der Waals surface area contributed by atoms with Crippen molar-refractivity contribution in [2.24, 2.45) is 10.8 Å². The third-order valence-electron chi connectivity index (χ3n) is 7.09. The number of benzene rings is 2. The van der Waals surface area contributed by atoms with E-state index in [0.29, 0.717) is 12.1 Å². The monoisotopic (exact) mass is 498 g/mol. The summed E-state index contributed by atoms with van der Waals surface area (Å²) in [6, 6.07) is 11.6. The SMILES string of the molecule is Cc1ccc(C)c(S(=O)(=O)Nc2ccccc2C(=O)OCC(=O)N2CC3(C)CC2CC(C)(C)C3)c1. The van der Waals surface area contributed by atoms with Crippen LogP contribution in [0, 0.1) is 24.7 Å². The number of anilines is 1. The lowest BCUT2D eigenvalue weighted by atomic mass is 9.65. The van der Waals surface area contributed by atoms with E-state index >= 15 is 0 Å². The Labute approximate surface area is 207 Å². The molecule has 1 saturated carbocycles. The minimum absolute atomic E-state index is 0.0578. The zero-order valence-corrected chi connectivity index (χ0v) is 21.9. The van der Waals surface area contributed by atoms with Crippen LogP contribution in [0.2, 0.25) is 0 Å². The van der Waals surface area contributed by atoms with Gasteiger partial charge in [0.15, 0.2) is 6.61 Å². The van der Waals surface area contributed by atoms with Crippen molar-refractivity contribution in [3.63, 3.8) is 0 Å². The smallest absolute Gasteiger partial charge is 0.340 e. The van der Waals surface area contributed by atoms with E-state index in [0.717, 1.165) is 24.8 Å². The molecular formula is C27H34N2O5S. The van der Waals surface area contributed by atoms with Crippen LogP contribution in [0.5, 0.6) is 0 Å². The van der Waals surface area contributed by atoms with Crippen LogP contribution in [0.4, 0.5) is 5.69 Å². The molecular weight excluding hydrogens is 464 g/mol. The van der Waals surface area contributed by atoms with Crippen molar-refractivity contribution in [2.75, 3.05) is 17.9 Å². The maximum absolute atomic E-state index is 13.1. The second kappa shape index (κ2) is 8.97. The number of likely N-dealkylation sites (tertiary alicyclic amines) is 1. The molecule has 4 rings (SSSR count). The van der Waals surface area contributed by atoms with Gasteiger partial charge in [-0.25, -0.2) is 13.2 Å². The Morgan fingerprint density at radius 3 is 2.54 bits per heavy atom. The van der Waals surface area contributed by atoms with Gasteiger partial charge in [-0.15, -0.1) is 0 Å². The van der Waals surface area contributed by atoms with Crippen molar-refractivity contribution in [1.29, 1.82) is 0 Å². The van der Waals surface area contributed by atoms with E-state index in [1.54, 1.807) is 31.2 Å². The molecule has 2 aromatic rings. The number of sulfonamides is 1. The average molecular weight is 499 g/mol. The summed E-state index contributed by atoms with van der Waals surface area (Å²) in [6.45, 7) is 10.5. The largest absolute Gasteiger partial charge is 0.452 e. The van der Waals surface area contributed by atoms with Gasteiger partial charge in [0.1, 0.15) is 0 Å². The Balaban J connectivity index is 1.46. The molecule has 2 bridgehead atoms. The Morgan fingerprint density at radius 1 is 1.09 bits per heavy atom. The quantitative estimate of drug-likeness (QED) is 0.584. The number of amides is 1. The van der Waals surface area contributed by atoms with E-state index in [2.05, 4.69) is 25.5 Å². The number of nitrogens with zero attached hydrogens (tertiary/aromatic N) is 1. The number of carbonyl (C=O) groups is 2. The van der Waals surface area contributed by atoms with E-state index in [9.17, 15) is 18.0 Å². The summed E-state index contributed by atoms with van der Waals surface area (Å²) in [5.74, 6) is -0.954. The number of hydrogen-bond donors (Lipinski definition) is 1. The highest BCUT2D eigenvalue weighted by molar-refractivity contribution is 7.92. The average Bonchev–Trinajstić information content (AvgIpc) is 3.02. The van der Waals surface area contributed by atoms with Crippen molar-refractivity contribution in [2.45, 2.75) is 64.8 Å². The lowest BCUT2D eigenvalue weighted by molar-refractivity contribution is -0.135. The van der Waals surface area contributed by atoms with Crippen LogP contribution >= 0.6 is 0 Å². The fourth-order valence-electron chi connectivity index (χ4n) is 5.99. The molecule has 2 atom stereocenters. The molecule has 2 aromatic carbocycles. The lowest BCUT2D eigenvalue weighted by Gasteiger charge is -2.39. The standard InChI is InChI=1S/C27H34N2O5S/c1-18-10-11-19(2)23(12-18)35(32,33)28-22-9-7-6-8-21(22)25(31)34-15-24(30)29-17-27(5)14-20(29)13-26(3,4)16-27/h6-12,20,28H,13-17H2,1-5H3. The summed E-state index contributed by atoms with van der Waals surface area (Å²) in [5, 5.41) is 0. The summed E-state index contributed by atoms with van der Waals surface area (Å²) in [5.41, 5.74) is 1.84. The lowest BCUT2D eigenvalue weighted by Crippen LogP contribution is -2.39. The molecule has 2 unspecified atom stereocenters. The zero-order valence-electron chi connectivity index (χ0n) is 21.1. The van der Waals surface area contributed by atoms with Crippen LogP contribution in [0.1, 0.15) is 61.5 Å². The maximum atomic E-state index is 13.1. The van der Waals surface area contributed by atoms with Gasteiger partial charge in [-0.2, -0.15) is 0 Å². The van der Waals surface area contributed by atoms with Crippen LogP contribution in [-0.2, 0) is 19.6 Å². The summed E-state index contributed by atoms with van der Waals surface area (Å²) in [4.78, 5) is 27.9. The molecule has 0 radical (unpaired) electrons. The van der Waals surface area contributed by atoms with Crippen LogP contribution in [0.15, 0.2) is 47.4 Å². The first-order valence-corrected chi connectivity index (χ1v) is 13.4. The molecule has 1 heterocycles. The number of ether oxygens (including phenoxy) is 1. The highest BCUT2D eigenvalue weighted by Crippen LogP contribution is 2.52. The molecule has 0 spiro atoms. The Bertz CT molecular complexity index is 1270. The van der Waals surface area contributed by atoms with Gasteiger partial charge in [0.05, 0.1) is 16.1 Å².